The van der Waals surface area contributed by atoms with E-state index in [9.17, 15) is 36.2 Å². The van der Waals surface area contributed by atoms with Crippen molar-refractivity contribution in [2.75, 3.05) is 6.61 Å². The van der Waals surface area contributed by atoms with Crippen LogP contribution in [0.25, 0.3) is 16.7 Å². The van der Waals surface area contributed by atoms with Crippen molar-refractivity contribution in [2.24, 2.45) is 5.92 Å². The number of allylic oxidation sites excluding steroid dienone is 2. The van der Waals surface area contributed by atoms with Crippen molar-refractivity contribution in [1.29, 1.82) is 0 Å². The smallest absolute Gasteiger partial charge is 0.314 e. The van der Waals surface area contributed by atoms with Gasteiger partial charge in [-0.1, -0.05) is 6.08 Å². The lowest BCUT2D eigenvalue weighted by Crippen LogP contribution is -2.23. The summed E-state index contributed by atoms with van der Waals surface area (Å²) in [4.78, 5) is 12.6. The first-order valence-corrected chi connectivity index (χ1v) is 11.3. The van der Waals surface area contributed by atoms with Crippen LogP contribution in [-0.2, 0) is 4.79 Å². The van der Waals surface area contributed by atoms with Crippen LogP contribution in [-0.4, -0.2) is 17.7 Å². The quantitative estimate of drug-likeness (QED) is 0.214. The van der Waals surface area contributed by atoms with E-state index < -0.39 is 69.4 Å². The van der Waals surface area contributed by atoms with Gasteiger partial charge in [-0.25, -0.2) is 13.2 Å². The average Bonchev–Trinajstić information content (AvgIpc) is 2.89. The largest absolute Gasteiger partial charge is 0.505 e. The topological polar surface area (TPSA) is 55.8 Å². The zero-order chi connectivity index (χ0) is 26.9. The fourth-order valence-corrected chi connectivity index (χ4v) is 4.10. The number of carbonyl (C=O) groups is 1. The molecule has 0 bridgehead atoms. The lowest BCUT2D eigenvalue weighted by Gasteiger charge is -2.21. The Labute approximate surface area is 207 Å². The minimum atomic E-state index is -1.56. The molecule has 0 amide bonds. The van der Waals surface area contributed by atoms with Gasteiger partial charge in [0.05, 0.1) is 12.5 Å². The van der Waals surface area contributed by atoms with Gasteiger partial charge in [0.15, 0.2) is 34.7 Å². The molecule has 0 saturated carbocycles. The van der Waals surface area contributed by atoms with E-state index in [0.717, 1.165) is 30.3 Å². The molecule has 4 rings (SSSR count). The molecule has 3 aromatic rings. The molecule has 1 aliphatic carbocycles. The third-order valence-electron chi connectivity index (χ3n) is 6.05. The monoisotopic (exact) mass is 522 g/mol. The maximum absolute atomic E-state index is 14.8. The highest BCUT2D eigenvalue weighted by atomic mass is 19.2. The average molecular weight is 522 g/mol. The van der Waals surface area contributed by atoms with Crippen molar-refractivity contribution in [1.82, 2.24) is 0 Å². The number of phenolic OH excluding ortho intramolecular Hbond substituents is 1. The molecule has 1 unspecified atom stereocenters. The van der Waals surface area contributed by atoms with Gasteiger partial charge in [0.25, 0.3) is 0 Å². The highest BCUT2D eigenvalue weighted by Gasteiger charge is 2.28. The number of ether oxygens (including phenoxy) is 2. The van der Waals surface area contributed by atoms with E-state index in [1.165, 1.54) is 12.1 Å². The van der Waals surface area contributed by atoms with Crippen LogP contribution in [0.4, 0.5) is 26.3 Å². The Morgan fingerprint density at radius 1 is 0.811 bits per heavy atom. The molecule has 194 valence electrons. The third-order valence-corrected chi connectivity index (χ3v) is 6.05. The molecule has 3 aromatic carbocycles. The van der Waals surface area contributed by atoms with E-state index >= 15 is 0 Å². The lowest BCUT2D eigenvalue weighted by molar-refractivity contribution is -0.139. The molecule has 0 aromatic heterocycles. The summed E-state index contributed by atoms with van der Waals surface area (Å²) in [6.07, 6.45) is 1.90. The summed E-state index contributed by atoms with van der Waals surface area (Å²) < 4.78 is 95.9. The Hall–Kier alpha value is -3.95. The van der Waals surface area contributed by atoms with Crippen molar-refractivity contribution >= 4 is 11.5 Å². The van der Waals surface area contributed by atoms with E-state index in [-0.39, 0.29) is 37.2 Å². The first kappa shape index (κ1) is 26.1. The number of benzene rings is 3. The maximum atomic E-state index is 14.8. The van der Waals surface area contributed by atoms with Crippen molar-refractivity contribution in [3.8, 4) is 28.4 Å². The molecule has 10 heteroatoms. The molecule has 0 saturated heterocycles. The minimum absolute atomic E-state index is 0.0521. The molecule has 37 heavy (non-hydrogen) atoms. The number of hydrogen-bond acceptors (Lipinski definition) is 4. The van der Waals surface area contributed by atoms with Crippen LogP contribution in [0.1, 0.15) is 31.7 Å². The number of rotatable bonds is 6. The SMILES string of the molecule is CCOc1ccc(-c2ccc(OC(=O)C3CC=C(c4ccc(O)c(F)c4F)CC3)c(F)c2F)c(F)c1F. The fraction of sp³-hybridized carbons (Fsp3) is 0.222. The van der Waals surface area contributed by atoms with Crippen LogP contribution in [0, 0.1) is 40.8 Å². The third kappa shape index (κ3) is 5.00. The summed E-state index contributed by atoms with van der Waals surface area (Å²) in [5.74, 6) is -12.1. The second-order valence-electron chi connectivity index (χ2n) is 8.29. The van der Waals surface area contributed by atoms with E-state index in [4.69, 9.17) is 9.47 Å². The number of carbonyl (C=O) groups excluding carboxylic acids is 1. The molecule has 1 aliphatic rings. The highest BCUT2D eigenvalue weighted by Crippen LogP contribution is 2.37. The van der Waals surface area contributed by atoms with Gasteiger partial charge in [-0.3, -0.25) is 4.79 Å². The van der Waals surface area contributed by atoms with Gasteiger partial charge in [-0.15, -0.1) is 0 Å². The second-order valence-corrected chi connectivity index (χ2v) is 8.29. The van der Waals surface area contributed by atoms with Crippen LogP contribution in [0.5, 0.6) is 17.2 Å². The molecule has 4 nitrogen and oxygen atoms in total. The molecule has 0 radical (unpaired) electrons. The molecule has 0 aliphatic heterocycles. The van der Waals surface area contributed by atoms with Gasteiger partial charge in [0, 0.05) is 16.7 Å². The van der Waals surface area contributed by atoms with Gasteiger partial charge in [-0.2, -0.15) is 13.2 Å². The van der Waals surface area contributed by atoms with Gasteiger partial charge in [-0.05, 0) is 68.2 Å². The van der Waals surface area contributed by atoms with Crippen molar-refractivity contribution in [3.05, 3.63) is 82.9 Å². The highest BCUT2D eigenvalue weighted by molar-refractivity contribution is 5.78. The standard InChI is InChI=1S/C27H20F6O4/c1-2-36-19-11-8-16(22(29)25(19)32)17-9-12-20(26(33)23(17)30)37-27(35)14-5-3-13(4-6-14)15-7-10-18(34)24(31)21(15)28/h3,7-12,14,34H,2,4-6H2,1H3. The molecule has 0 fully saturated rings. The van der Waals surface area contributed by atoms with E-state index in [0.29, 0.717) is 5.57 Å². The Morgan fingerprint density at radius 2 is 1.38 bits per heavy atom. The van der Waals surface area contributed by atoms with Crippen molar-refractivity contribution in [3.63, 3.8) is 0 Å². The van der Waals surface area contributed by atoms with Gasteiger partial charge < -0.3 is 14.6 Å². The number of aromatic hydroxyl groups is 1. The number of halogens is 6. The Kier molecular flexibility index (Phi) is 7.47. The van der Waals surface area contributed by atoms with E-state index in [1.54, 1.807) is 6.92 Å². The summed E-state index contributed by atoms with van der Waals surface area (Å²) in [7, 11) is 0. The van der Waals surface area contributed by atoms with Crippen molar-refractivity contribution < 1.29 is 45.7 Å². The van der Waals surface area contributed by atoms with Crippen LogP contribution >= 0.6 is 0 Å². The normalized spacial score (nSPS) is 15.3. The number of esters is 1. The van der Waals surface area contributed by atoms with Gasteiger partial charge in [0.1, 0.15) is 0 Å². The molecular weight excluding hydrogens is 502 g/mol. The Bertz CT molecular complexity index is 1400. The van der Waals surface area contributed by atoms with E-state index in [2.05, 4.69) is 0 Å². The van der Waals surface area contributed by atoms with Crippen LogP contribution in [0.15, 0.2) is 42.5 Å². The zero-order valence-electron chi connectivity index (χ0n) is 19.4. The molecule has 1 atom stereocenters. The Balaban J connectivity index is 1.50. The predicted molar refractivity (Wildman–Crippen MR) is 122 cm³/mol. The number of hydrogen-bond donors (Lipinski definition) is 1. The summed E-state index contributed by atoms with van der Waals surface area (Å²) in [5.41, 5.74) is -0.751. The molecule has 1 N–H and O–H groups in total. The summed E-state index contributed by atoms with van der Waals surface area (Å²) in [5, 5.41) is 9.26. The summed E-state index contributed by atoms with van der Waals surface area (Å²) >= 11 is 0. The first-order chi connectivity index (χ1) is 17.6. The fourth-order valence-electron chi connectivity index (χ4n) is 4.10. The van der Waals surface area contributed by atoms with Gasteiger partial charge >= 0.3 is 5.97 Å². The number of phenols is 1. The molecule has 0 heterocycles. The van der Waals surface area contributed by atoms with Crippen molar-refractivity contribution in [2.45, 2.75) is 26.2 Å². The second kappa shape index (κ2) is 10.6. The zero-order valence-corrected chi connectivity index (χ0v) is 19.4. The summed E-state index contributed by atoms with van der Waals surface area (Å²) in [6.45, 7) is 1.64. The predicted octanol–water partition coefficient (Wildman–Crippen LogP) is 7.08. The lowest BCUT2D eigenvalue weighted by atomic mass is 9.86. The minimum Gasteiger partial charge on any atom is -0.505 e. The molecule has 0 spiro atoms. The van der Waals surface area contributed by atoms with Crippen LogP contribution < -0.4 is 9.47 Å². The van der Waals surface area contributed by atoms with E-state index in [1.807, 2.05) is 0 Å². The Morgan fingerprint density at radius 3 is 1.97 bits per heavy atom. The first-order valence-electron chi connectivity index (χ1n) is 11.3. The van der Waals surface area contributed by atoms with Crippen LogP contribution in [0.3, 0.4) is 0 Å². The molecular formula is C27H20F6O4. The maximum Gasteiger partial charge on any atom is 0.314 e. The summed E-state index contributed by atoms with van der Waals surface area (Å²) in [6, 6.07) is 6.26. The van der Waals surface area contributed by atoms with Gasteiger partial charge in [0.2, 0.25) is 17.5 Å². The van der Waals surface area contributed by atoms with Crippen LogP contribution in [0.2, 0.25) is 0 Å².